The Hall–Kier alpha value is -0.690. The summed E-state index contributed by atoms with van der Waals surface area (Å²) in [4.78, 5) is 1.00. The van der Waals surface area contributed by atoms with Crippen molar-refractivity contribution in [2.45, 2.75) is 24.0 Å². The Bertz CT molecular complexity index is 464. The van der Waals surface area contributed by atoms with Gasteiger partial charge < -0.3 is 5.73 Å². The van der Waals surface area contributed by atoms with E-state index in [1.807, 2.05) is 25.1 Å². The van der Waals surface area contributed by atoms with Crippen molar-refractivity contribution in [2.24, 2.45) is 5.73 Å². The van der Waals surface area contributed by atoms with Crippen molar-refractivity contribution in [2.75, 3.05) is 13.1 Å². The van der Waals surface area contributed by atoms with Crippen molar-refractivity contribution in [3.63, 3.8) is 0 Å². The molecular formula is C11H18N2O2S2. The van der Waals surface area contributed by atoms with Gasteiger partial charge in [-0.05, 0) is 38.4 Å². The molecule has 17 heavy (non-hydrogen) atoms. The van der Waals surface area contributed by atoms with Gasteiger partial charge in [0.1, 0.15) is 4.21 Å². The fraction of sp³-hybridized carbons (Fsp3) is 0.455. The predicted octanol–water partition coefficient (Wildman–Crippen LogP) is 1.49. The Balaban J connectivity index is 2.62. The molecule has 0 bridgehead atoms. The van der Waals surface area contributed by atoms with Gasteiger partial charge >= 0.3 is 0 Å². The third kappa shape index (κ3) is 4.59. The molecule has 1 heterocycles. The Labute approximate surface area is 107 Å². The first-order valence-electron chi connectivity index (χ1n) is 5.49. The summed E-state index contributed by atoms with van der Waals surface area (Å²) in [6.45, 7) is 2.87. The zero-order valence-electron chi connectivity index (χ0n) is 9.85. The van der Waals surface area contributed by atoms with E-state index in [1.165, 1.54) is 11.3 Å². The summed E-state index contributed by atoms with van der Waals surface area (Å²) in [6, 6.07) is 3.45. The maximum atomic E-state index is 11.9. The van der Waals surface area contributed by atoms with Crippen molar-refractivity contribution in [3.8, 4) is 0 Å². The van der Waals surface area contributed by atoms with Gasteiger partial charge in [0.15, 0.2) is 0 Å². The molecule has 0 aliphatic carbocycles. The smallest absolute Gasteiger partial charge is 0.250 e. The van der Waals surface area contributed by atoms with E-state index in [4.69, 9.17) is 5.73 Å². The van der Waals surface area contributed by atoms with Gasteiger partial charge in [-0.25, -0.2) is 13.1 Å². The Morgan fingerprint density at radius 2 is 2.24 bits per heavy atom. The van der Waals surface area contributed by atoms with E-state index in [-0.39, 0.29) is 0 Å². The summed E-state index contributed by atoms with van der Waals surface area (Å²) in [5, 5.41) is 0. The van der Waals surface area contributed by atoms with E-state index in [1.54, 1.807) is 6.07 Å². The molecular weight excluding hydrogens is 256 g/mol. The number of rotatable bonds is 7. The van der Waals surface area contributed by atoms with E-state index in [0.29, 0.717) is 23.7 Å². The highest BCUT2D eigenvalue weighted by atomic mass is 32.2. The molecule has 1 aromatic rings. The van der Waals surface area contributed by atoms with Crippen molar-refractivity contribution in [3.05, 3.63) is 29.2 Å². The van der Waals surface area contributed by atoms with Crippen LogP contribution in [0.1, 0.15) is 18.2 Å². The largest absolute Gasteiger partial charge is 0.330 e. The first-order valence-corrected chi connectivity index (χ1v) is 7.79. The maximum Gasteiger partial charge on any atom is 0.250 e. The Morgan fingerprint density at radius 3 is 2.88 bits per heavy atom. The summed E-state index contributed by atoms with van der Waals surface area (Å²) >= 11 is 1.28. The standard InChI is InChI=1S/C11H18N2O2S2/c1-2-3-4-9-13-17(14,15)11-6-5-10(16-11)7-8-12/h2-3,5-6,13H,4,7-9,12H2,1H3/b3-2+. The number of sulfonamides is 1. The second-order valence-corrected chi connectivity index (χ2v) is 6.68. The van der Waals surface area contributed by atoms with Crippen molar-refractivity contribution < 1.29 is 8.42 Å². The summed E-state index contributed by atoms with van der Waals surface area (Å²) in [6.07, 6.45) is 5.26. The molecule has 0 atom stereocenters. The van der Waals surface area contributed by atoms with Gasteiger partial charge in [-0.1, -0.05) is 12.2 Å². The fourth-order valence-electron chi connectivity index (χ4n) is 1.29. The molecule has 1 rings (SSSR count). The molecule has 1 aromatic heterocycles. The third-order valence-electron chi connectivity index (χ3n) is 2.13. The summed E-state index contributed by atoms with van der Waals surface area (Å²) in [5.74, 6) is 0. The third-order valence-corrected chi connectivity index (χ3v) is 5.23. The molecule has 0 aromatic carbocycles. The molecule has 0 radical (unpaired) electrons. The maximum absolute atomic E-state index is 11.9. The lowest BCUT2D eigenvalue weighted by molar-refractivity contribution is 0.584. The van der Waals surface area contributed by atoms with Crippen molar-refractivity contribution in [1.82, 2.24) is 4.72 Å². The van der Waals surface area contributed by atoms with Crippen molar-refractivity contribution in [1.29, 1.82) is 0 Å². The topological polar surface area (TPSA) is 72.2 Å². The molecule has 4 nitrogen and oxygen atoms in total. The minimum absolute atomic E-state index is 0.362. The lowest BCUT2D eigenvalue weighted by Crippen LogP contribution is -2.23. The van der Waals surface area contributed by atoms with Crippen LogP contribution in [-0.2, 0) is 16.4 Å². The minimum atomic E-state index is -3.34. The highest BCUT2D eigenvalue weighted by molar-refractivity contribution is 7.91. The lowest BCUT2D eigenvalue weighted by Gasteiger charge is -2.02. The van der Waals surface area contributed by atoms with Crippen LogP contribution in [0.2, 0.25) is 0 Å². The zero-order chi connectivity index (χ0) is 12.7. The van der Waals surface area contributed by atoms with Gasteiger partial charge in [0.25, 0.3) is 0 Å². The molecule has 0 saturated heterocycles. The Morgan fingerprint density at radius 1 is 1.47 bits per heavy atom. The van der Waals surface area contributed by atoms with Crippen molar-refractivity contribution >= 4 is 21.4 Å². The normalized spacial score (nSPS) is 12.4. The molecule has 0 aliphatic heterocycles. The first kappa shape index (κ1) is 14.4. The van der Waals surface area contributed by atoms with Crippen LogP contribution in [0, 0.1) is 0 Å². The van der Waals surface area contributed by atoms with E-state index >= 15 is 0 Å². The highest BCUT2D eigenvalue weighted by Crippen LogP contribution is 2.21. The van der Waals surface area contributed by atoms with Crippen LogP contribution in [0.3, 0.4) is 0 Å². The average Bonchev–Trinajstić information content (AvgIpc) is 2.74. The number of nitrogens with one attached hydrogen (secondary N) is 1. The summed E-state index contributed by atoms with van der Waals surface area (Å²) in [5.41, 5.74) is 5.43. The first-order chi connectivity index (χ1) is 8.10. The molecule has 0 spiro atoms. The fourth-order valence-corrected chi connectivity index (χ4v) is 3.76. The van der Waals surface area contributed by atoms with Crippen LogP contribution < -0.4 is 10.5 Å². The molecule has 96 valence electrons. The van der Waals surface area contributed by atoms with Gasteiger partial charge in [-0.3, -0.25) is 0 Å². The minimum Gasteiger partial charge on any atom is -0.330 e. The quantitative estimate of drug-likeness (QED) is 0.584. The number of hydrogen-bond acceptors (Lipinski definition) is 4. The van der Waals surface area contributed by atoms with E-state index in [2.05, 4.69) is 4.72 Å². The summed E-state index contributed by atoms with van der Waals surface area (Å²) in [7, 11) is -3.34. The van der Waals surface area contributed by atoms with Crippen LogP contribution in [-0.4, -0.2) is 21.5 Å². The highest BCUT2D eigenvalue weighted by Gasteiger charge is 2.15. The number of allylic oxidation sites excluding steroid dienone is 1. The van der Waals surface area contributed by atoms with Gasteiger partial charge in [0, 0.05) is 11.4 Å². The molecule has 3 N–H and O–H groups in total. The zero-order valence-corrected chi connectivity index (χ0v) is 11.5. The second kappa shape index (κ2) is 6.90. The molecule has 6 heteroatoms. The van der Waals surface area contributed by atoms with Crippen LogP contribution in [0.15, 0.2) is 28.5 Å². The number of nitrogens with two attached hydrogens (primary N) is 1. The average molecular weight is 274 g/mol. The van der Waals surface area contributed by atoms with Crippen LogP contribution >= 0.6 is 11.3 Å². The van der Waals surface area contributed by atoms with Crippen LogP contribution in [0.4, 0.5) is 0 Å². The summed E-state index contributed by atoms with van der Waals surface area (Å²) < 4.78 is 26.6. The van der Waals surface area contributed by atoms with Gasteiger partial charge in [0.2, 0.25) is 10.0 Å². The molecule has 0 fully saturated rings. The molecule has 0 saturated carbocycles. The van der Waals surface area contributed by atoms with E-state index in [9.17, 15) is 8.42 Å². The van der Waals surface area contributed by atoms with Crippen LogP contribution in [0.25, 0.3) is 0 Å². The predicted molar refractivity (Wildman–Crippen MR) is 71.7 cm³/mol. The number of thiophene rings is 1. The van der Waals surface area contributed by atoms with Gasteiger partial charge in [-0.2, -0.15) is 0 Å². The molecule has 0 amide bonds. The molecule has 0 unspecified atom stereocenters. The van der Waals surface area contributed by atoms with E-state index in [0.717, 1.165) is 11.3 Å². The number of hydrogen-bond donors (Lipinski definition) is 2. The van der Waals surface area contributed by atoms with Crippen LogP contribution in [0.5, 0.6) is 0 Å². The van der Waals surface area contributed by atoms with Gasteiger partial charge in [0.05, 0.1) is 0 Å². The van der Waals surface area contributed by atoms with Gasteiger partial charge in [-0.15, -0.1) is 11.3 Å². The monoisotopic (exact) mass is 274 g/mol. The molecule has 0 aliphatic rings. The Kier molecular flexibility index (Phi) is 5.84. The lowest BCUT2D eigenvalue weighted by atomic mass is 10.3. The second-order valence-electron chi connectivity index (χ2n) is 3.51. The SMILES string of the molecule is C/C=C/CCNS(=O)(=O)c1ccc(CCN)s1. The van der Waals surface area contributed by atoms with E-state index < -0.39 is 10.0 Å².